The largest absolute Gasteiger partial charge is 0.343 e. The molecule has 1 saturated heterocycles. The van der Waals surface area contributed by atoms with Crippen LogP contribution in [0.2, 0.25) is 0 Å². The van der Waals surface area contributed by atoms with Crippen molar-refractivity contribution in [3.05, 3.63) is 0 Å². The number of nitrogens with zero attached hydrogens (tertiary/aromatic N) is 1. The van der Waals surface area contributed by atoms with Gasteiger partial charge >= 0.3 is 0 Å². The van der Waals surface area contributed by atoms with Crippen molar-refractivity contribution in [2.45, 2.75) is 45.5 Å². The van der Waals surface area contributed by atoms with E-state index in [9.17, 15) is 4.79 Å². The van der Waals surface area contributed by atoms with Crippen molar-refractivity contribution in [1.82, 2.24) is 10.2 Å². The van der Waals surface area contributed by atoms with Gasteiger partial charge in [-0.05, 0) is 32.7 Å². The Kier molecular flexibility index (Phi) is 5.74. The van der Waals surface area contributed by atoms with Gasteiger partial charge in [0.2, 0.25) is 5.91 Å². The van der Waals surface area contributed by atoms with Gasteiger partial charge in [0, 0.05) is 24.5 Å². The Bertz CT molecular complexity index is 254. The van der Waals surface area contributed by atoms with Gasteiger partial charge in [-0.25, -0.2) is 0 Å². The number of piperidine rings is 1. The molecule has 1 fully saturated rings. The predicted molar refractivity (Wildman–Crippen MR) is 72.3 cm³/mol. The summed E-state index contributed by atoms with van der Waals surface area (Å²) < 4.78 is 0. The van der Waals surface area contributed by atoms with Gasteiger partial charge in [-0.15, -0.1) is 11.6 Å². The lowest BCUT2D eigenvalue weighted by atomic mass is 9.83. The maximum absolute atomic E-state index is 12.5. The molecule has 1 rings (SSSR count). The van der Waals surface area contributed by atoms with Crippen LogP contribution in [0.4, 0.5) is 0 Å². The number of carbonyl (C=O) groups is 1. The maximum Gasteiger partial charge on any atom is 0.228 e. The van der Waals surface area contributed by atoms with Crippen molar-refractivity contribution < 1.29 is 4.79 Å². The van der Waals surface area contributed by atoms with E-state index in [4.69, 9.17) is 11.6 Å². The second-order valence-electron chi connectivity index (χ2n) is 5.06. The number of rotatable bonds is 4. The molecule has 1 heterocycles. The average molecular weight is 261 g/mol. The van der Waals surface area contributed by atoms with Crippen LogP contribution in [0.15, 0.2) is 0 Å². The van der Waals surface area contributed by atoms with Crippen molar-refractivity contribution >= 4 is 17.5 Å². The number of amides is 1. The third-order valence-corrected chi connectivity index (χ3v) is 4.14. The van der Waals surface area contributed by atoms with Crippen molar-refractivity contribution in [2.24, 2.45) is 11.8 Å². The van der Waals surface area contributed by atoms with Crippen LogP contribution in [0.25, 0.3) is 0 Å². The van der Waals surface area contributed by atoms with E-state index in [0.717, 1.165) is 26.1 Å². The van der Waals surface area contributed by atoms with Crippen LogP contribution in [0, 0.1) is 11.8 Å². The number of hydrogen-bond donors (Lipinski definition) is 1. The number of alkyl halides is 1. The SMILES string of the molecule is CCN(CC)C(=O)C1C(Cl)CCNC1C(C)C. The fraction of sp³-hybridized carbons (Fsp3) is 0.923. The molecule has 3 atom stereocenters. The quantitative estimate of drug-likeness (QED) is 0.786. The Morgan fingerprint density at radius 1 is 1.41 bits per heavy atom. The maximum atomic E-state index is 12.5. The first-order valence-corrected chi connectivity index (χ1v) is 7.12. The molecule has 1 aliphatic rings. The van der Waals surface area contributed by atoms with Crippen LogP contribution in [-0.4, -0.2) is 41.9 Å². The molecule has 0 aromatic rings. The van der Waals surface area contributed by atoms with Crippen molar-refractivity contribution in [2.75, 3.05) is 19.6 Å². The highest BCUT2D eigenvalue weighted by Gasteiger charge is 2.40. The van der Waals surface area contributed by atoms with Crippen LogP contribution in [0.3, 0.4) is 0 Å². The third kappa shape index (κ3) is 3.35. The first kappa shape index (κ1) is 14.8. The van der Waals surface area contributed by atoms with Gasteiger partial charge in [-0.2, -0.15) is 0 Å². The fourth-order valence-corrected chi connectivity index (χ4v) is 3.00. The summed E-state index contributed by atoms with van der Waals surface area (Å²) in [7, 11) is 0. The molecule has 0 aromatic heterocycles. The Balaban J connectivity index is 2.84. The molecule has 1 aliphatic heterocycles. The Morgan fingerprint density at radius 2 is 2.00 bits per heavy atom. The lowest BCUT2D eigenvalue weighted by Gasteiger charge is -2.39. The van der Waals surface area contributed by atoms with Gasteiger partial charge in [0.05, 0.1) is 5.92 Å². The topological polar surface area (TPSA) is 32.3 Å². The Morgan fingerprint density at radius 3 is 2.47 bits per heavy atom. The van der Waals surface area contributed by atoms with E-state index in [1.807, 2.05) is 18.7 Å². The van der Waals surface area contributed by atoms with Gasteiger partial charge in [0.25, 0.3) is 0 Å². The van der Waals surface area contributed by atoms with Gasteiger partial charge in [0.1, 0.15) is 0 Å². The van der Waals surface area contributed by atoms with Gasteiger partial charge < -0.3 is 10.2 Å². The van der Waals surface area contributed by atoms with Crippen molar-refractivity contribution in [3.8, 4) is 0 Å². The third-order valence-electron chi connectivity index (χ3n) is 3.66. The first-order chi connectivity index (χ1) is 8.02. The zero-order valence-corrected chi connectivity index (χ0v) is 12.1. The first-order valence-electron chi connectivity index (χ1n) is 6.69. The van der Waals surface area contributed by atoms with Crippen LogP contribution in [-0.2, 0) is 4.79 Å². The normalized spacial score (nSPS) is 29.4. The second-order valence-corrected chi connectivity index (χ2v) is 5.63. The zero-order valence-electron chi connectivity index (χ0n) is 11.4. The molecule has 0 aromatic carbocycles. The summed E-state index contributed by atoms with van der Waals surface area (Å²) in [6.07, 6.45) is 0.877. The zero-order chi connectivity index (χ0) is 13.0. The van der Waals surface area contributed by atoms with E-state index in [2.05, 4.69) is 19.2 Å². The minimum atomic E-state index is -0.0784. The van der Waals surface area contributed by atoms with E-state index in [1.54, 1.807) is 0 Å². The van der Waals surface area contributed by atoms with Crippen LogP contribution >= 0.6 is 11.6 Å². The summed E-state index contributed by atoms with van der Waals surface area (Å²) in [5.41, 5.74) is 0. The molecule has 1 amide bonds. The minimum Gasteiger partial charge on any atom is -0.343 e. The molecule has 4 heteroatoms. The summed E-state index contributed by atoms with van der Waals surface area (Å²) >= 11 is 6.39. The van der Waals surface area contributed by atoms with Gasteiger partial charge in [-0.1, -0.05) is 13.8 Å². The molecule has 0 aliphatic carbocycles. The number of halogens is 1. The highest BCUT2D eigenvalue weighted by atomic mass is 35.5. The van der Waals surface area contributed by atoms with Crippen LogP contribution in [0.5, 0.6) is 0 Å². The average Bonchev–Trinajstić information content (AvgIpc) is 2.29. The Hall–Kier alpha value is -0.280. The molecule has 17 heavy (non-hydrogen) atoms. The van der Waals surface area contributed by atoms with E-state index < -0.39 is 0 Å². The summed E-state index contributed by atoms with van der Waals surface area (Å²) in [5, 5.41) is 3.42. The van der Waals surface area contributed by atoms with E-state index in [1.165, 1.54) is 0 Å². The molecule has 3 nitrogen and oxygen atoms in total. The predicted octanol–water partition coefficient (Wildman–Crippen LogP) is 2.10. The molecule has 100 valence electrons. The molecule has 3 unspecified atom stereocenters. The molecular formula is C13H25ClN2O. The molecule has 0 radical (unpaired) electrons. The summed E-state index contributed by atoms with van der Waals surface area (Å²) in [5.74, 6) is 0.562. The smallest absolute Gasteiger partial charge is 0.228 e. The second kappa shape index (κ2) is 6.60. The van der Waals surface area contributed by atoms with E-state index in [-0.39, 0.29) is 23.2 Å². The molecule has 0 spiro atoms. The van der Waals surface area contributed by atoms with Crippen LogP contribution < -0.4 is 5.32 Å². The van der Waals surface area contributed by atoms with E-state index >= 15 is 0 Å². The van der Waals surface area contributed by atoms with Gasteiger partial charge in [-0.3, -0.25) is 4.79 Å². The number of carbonyl (C=O) groups excluding carboxylic acids is 1. The van der Waals surface area contributed by atoms with E-state index in [0.29, 0.717) is 5.92 Å². The van der Waals surface area contributed by atoms with Gasteiger partial charge in [0.15, 0.2) is 0 Å². The van der Waals surface area contributed by atoms with Crippen molar-refractivity contribution in [3.63, 3.8) is 0 Å². The highest BCUT2D eigenvalue weighted by Crippen LogP contribution is 2.28. The fourth-order valence-electron chi connectivity index (χ4n) is 2.62. The lowest BCUT2D eigenvalue weighted by molar-refractivity contribution is -0.137. The molecule has 0 bridgehead atoms. The summed E-state index contributed by atoms with van der Waals surface area (Å²) in [6, 6.07) is 0.208. The summed E-state index contributed by atoms with van der Waals surface area (Å²) in [4.78, 5) is 14.4. The monoisotopic (exact) mass is 260 g/mol. The highest BCUT2D eigenvalue weighted by molar-refractivity contribution is 6.22. The number of nitrogens with one attached hydrogen (secondary N) is 1. The molecular weight excluding hydrogens is 236 g/mol. The molecule has 0 saturated carbocycles. The van der Waals surface area contributed by atoms with Crippen LogP contribution in [0.1, 0.15) is 34.1 Å². The van der Waals surface area contributed by atoms with Crippen molar-refractivity contribution in [1.29, 1.82) is 0 Å². The Labute approximate surface area is 110 Å². The minimum absolute atomic E-state index is 0.0308. The molecule has 1 N–H and O–H groups in total. The lowest BCUT2D eigenvalue weighted by Crippen LogP contribution is -2.56. The standard InChI is InChI=1S/C13H25ClN2O/c1-5-16(6-2)13(17)11-10(14)7-8-15-12(11)9(3)4/h9-12,15H,5-8H2,1-4H3. The number of hydrogen-bond acceptors (Lipinski definition) is 2. The summed E-state index contributed by atoms with van der Waals surface area (Å²) in [6.45, 7) is 10.8.